The van der Waals surface area contributed by atoms with Crippen molar-refractivity contribution >= 4 is 23.7 Å². The van der Waals surface area contributed by atoms with Crippen LogP contribution in [0.4, 0.5) is 15.3 Å². The van der Waals surface area contributed by atoms with Crippen LogP contribution in [0.3, 0.4) is 0 Å². The van der Waals surface area contributed by atoms with Crippen LogP contribution in [0.1, 0.15) is 16.2 Å². The SMILES string of the molecule is Cc1cc(NC(=O)NCCNC(N)=O)c(C(=O)O)[nH]1. The third kappa shape index (κ3) is 4.58. The molecule has 1 rings (SSSR count). The van der Waals surface area contributed by atoms with E-state index in [1.807, 2.05) is 0 Å². The van der Waals surface area contributed by atoms with E-state index in [0.717, 1.165) is 0 Å². The van der Waals surface area contributed by atoms with Crippen molar-refractivity contribution in [2.45, 2.75) is 6.92 Å². The Balaban J connectivity index is 2.48. The normalized spacial score (nSPS) is 9.74. The number of aryl methyl sites for hydroxylation is 1. The van der Waals surface area contributed by atoms with Gasteiger partial charge in [-0.1, -0.05) is 0 Å². The molecule has 0 spiro atoms. The van der Waals surface area contributed by atoms with Crippen LogP contribution in [0.5, 0.6) is 0 Å². The van der Waals surface area contributed by atoms with Crippen molar-refractivity contribution in [2.75, 3.05) is 18.4 Å². The highest BCUT2D eigenvalue weighted by atomic mass is 16.4. The summed E-state index contributed by atoms with van der Waals surface area (Å²) < 4.78 is 0. The average Bonchev–Trinajstić information content (AvgIpc) is 2.65. The quantitative estimate of drug-likeness (QED) is 0.411. The Kier molecular flexibility index (Phi) is 4.75. The fourth-order valence-electron chi connectivity index (χ4n) is 1.38. The number of carbonyl (C=O) groups is 3. The molecule has 0 aliphatic heterocycles. The van der Waals surface area contributed by atoms with Crippen molar-refractivity contribution in [1.82, 2.24) is 15.6 Å². The van der Waals surface area contributed by atoms with Gasteiger partial charge >= 0.3 is 18.0 Å². The van der Waals surface area contributed by atoms with Gasteiger partial charge in [0.15, 0.2) is 0 Å². The molecule has 0 saturated carbocycles. The number of carboxylic acids is 1. The lowest BCUT2D eigenvalue weighted by molar-refractivity contribution is 0.0692. The summed E-state index contributed by atoms with van der Waals surface area (Å²) in [5.74, 6) is -1.17. The van der Waals surface area contributed by atoms with E-state index in [-0.39, 0.29) is 24.5 Å². The second-order valence-electron chi connectivity index (χ2n) is 3.72. The number of hydrogen-bond acceptors (Lipinski definition) is 3. The molecule has 19 heavy (non-hydrogen) atoms. The van der Waals surface area contributed by atoms with Crippen LogP contribution in [0.15, 0.2) is 6.07 Å². The number of amides is 4. The molecule has 1 heterocycles. The number of rotatable bonds is 5. The summed E-state index contributed by atoms with van der Waals surface area (Å²) in [5.41, 5.74) is 5.53. The minimum Gasteiger partial charge on any atom is -0.477 e. The highest BCUT2D eigenvalue weighted by Gasteiger charge is 2.14. The summed E-state index contributed by atoms with van der Waals surface area (Å²) in [7, 11) is 0. The first-order valence-electron chi connectivity index (χ1n) is 5.41. The summed E-state index contributed by atoms with van der Waals surface area (Å²) in [6.45, 7) is 2.02. The number of urea groups is 2. The van der Waals surface area contributed by atoms with Crippen molar-refractivity contribution in [3.63, 3.8) is 0 Å². The minimum atomic E-state index is -1.17. The van der Waals surface area contributed by atoms with Crippen LogP contribution in [0.25, 0.3) is 0 Å². The lowest BCUT2D eigenvalue weighted by Crippen LogP contribution is -2.38. The first-order chi connectivity index (χ1) is 8.90. The first kappa shape index (κ1) is 14.4. The minimum absolute atomic E-state index is 0.0945. The predicted octanol–water partition coefficient (Wildman–Crippen LogP) is -0.189. The summed E-state index contributed by atoms with van der Waals surface area (Å²) >= 11 is 0. The average molecular weight is 269 g/mol. The number of carboxylic acid groups (broad SMARTS) is 1. The Morgan fingerprint density at radius 2 is 1.95 bits per heavy atom. The zero-order valence-corrected chi connectivity index (χ0v) is 10.2. The van der Waals surface area contributed by atoms with E-state index in [0.29, 0.717) is 5.69 Å². The molecule has 0 aliphatic rings. The van der Waals surface area contributed by atoms with E-state index >= 15 is 0 Å². The number of carbonyl (C=O) groups excluding carboxylic acids is 2. The number of aromatic carboxylic acids is 1. The molecular weight excluding hydrogens is 254 g/mol. The molecule has 0 fully saturated rings. The molecular formula is C10H15N5O4. The Morgan fingerprint density at radius 3 is 2.53 bits per heavy atom. The van der Waals surface area contributed by atoms with Gasteiger partial charge in [-0.05, 0) is 13.0 Å². The summed E-state index contributed by atoms with van der Waals surface area (Å²) in [4.78, 5) is 35.3. The second kappa shape index (κ2) is 6.28. The van der Waals surface area contributed by atoms with E-state index in [4.69, 9.17) is 10.8 Å². The maximum Gasteiger partial charge on any atom is 0.354 e. The molecule has 4 amide bonds. The van der Waals surface area contributed by atoms with Crippen molar-refractivity contribution in [1.29, 1.82) is 0 Å². The van der Waals surface area contributed by atoms with Gasteiger partial charge in [-0.25, -0.2) is 14.4 Å². The zero-order valence-electron chi connectivity index (χ0n) is 10.2. The number of aromatic nitrogens is 1. The molecule has 9 heteroatoms. The number of nitrogens with two attached hydrogens (primary N) is 1. The summed E-state index contributed by atoms with van der Waals surface area (Å²) in [6.07, 6.45) is 0. The predicted molar refractivity (Wildman–Crippen MR) is 67.1 cm³/mol. The molecule has 1 aromatic rings. The standard InChI is InChI=1S/C10H15N5O4/c1-5-4-6(7(14-5)8(16)17)15-10(19)13-3-2-12-9(11)18/h4,14H,2-3H2,1H3,(H,16,17)(H3,11,12,18)(H2,13,15,19). The number of anilines is 1. The second-order valence-corrected chi connectivity index (χ2v) is 3.72. The molecule has 1 aromatic heterocycles. The van der Waals surface area contributed by atoms with E-state index in [1.165, 1.54) is 6.07 Å². The topological polar surface area (TPSA) is 149 Å². The Morgan fingerprint density at radius 1 is 1.32 bits per heavy atom. The molecule has 104 valence electrons. The third-order valence-corrected chi connectivity index (χ3v) is 2.12. The van der Waals surface area contributed by atoms with Crippen LogP contribution in [-0.2, 0) is 0 Å². The Bertz CT molecular complexity index is 496. The van der Waals surface area contributed by atoms with Crippen molar-refractivity contribution in [3.05, 3.63) is 17.5 Å². The van der Waals surface area contributed by atoms with Gasteiger partial charge < -0.3 is 31.8 Å². The maximum absolute atomic E-state index is 11.5. The maximum atomic E-state index is 11.5. The monoisotopic (exact) mass is 269 g/mol. The number of aromatic amines is 1. The van der Waals surface area contributed by atoms with Gasteiger partial charge in [-0.2, -0.15) is 0 Å². The number of primary amides is 1. The molecule has 0 aliphatic carbocycles. The van der Waals surface area contributed by atoms with Gasteiger partial charge in [0.2, 0.25) is 0 Å². The lowest BCUT2D eigenvalue weighted by atomic mass is 10.3. The first-order valence-corrected chi connectivity index (χ1v) is 5.41. The van der Waals surface area contributed by atoms with Crippen LogP contribution in [-0.4, -0.2) is 41.2 Å². The molecule has 7 N–H and O–H groups in total. The summed E-state index contributed by atoms with van der Waals surface area (Å²) in [5, 5.41) is 16.0. The van der Waals surface area contributed by atoms with E-state index in [1.54, 1.807) is 6.92 Å². The van der Waals surface area contributed by atoms with Gasteiger partial charge in [0.05, 0.1) is 5.69 Å². The van der Waals surface area contributed by atoms with Crippen molar-refractivity contribution in [2.24, 2.45) is 5.73 Å². The fraction of sp³-hybridized carbons (Fsp3) is 0.300. The number of hydrogen-bond donors (Lipinski definition) is 6. The van der Waals surface area contributed by atoms with Crippen LogP contribution < -0.4 is 21.7 Å². The van der Waals surface area contributed by atoms with Gasteiger partial charge in [0, 0.05) is 18.8 Å². The Labute approximate surface area is 108 Å². The molecule has 0 unspecified atom stereocenters. The van der Waals surface area contributed by atoms with Crippen molar-refractivity contribution < 1.29 is 19.5 Å². The number of nitrogens with one attached hydrogen (secondary N) is 4. The van der Waals surface area contributed by atoms with Crippen LogP contribution >= 0.6 is 0 Å². The molecule has 9 nitrogen and oxygen atoms in total. The van der Waals surface area contributed by atoms with E-state index < -0.39 is 18.0 Å². The van der Waals surface area contributed by atoms with E-state index in [9.17, 15) is 14.4 Å². The molecule has 0 aromatic carbocycles. The molecule has 0 atom stereocenters. The summed E-state index contributed by atoms with van der Waals surface area (Å²) in [6, 6.07) is 0.245. The Hall–Kier alpha value is -2.71. The largest absolute Gasteiger partial charge is 0.477 e. The molecule has 0 radical (unpaired) electrons. The van der Waals surface area contributed by atoms with Crippen LogP contribution in [0, 0.1) is 6.92 Å². The van der Waals surface area contributed by atoms with Gasteiger partial charge in [-0.3, -0.25) is 0 Å². The van der Waals surface area contributed by atoms with Gasteiger partial charge in [-0.15, -0.1) is 0 Å². The van der Waals surface area contributed by atoms with Gasteiger partial charge in [0.1, 0.15) is 5.69 Å². The van der Waals surface area contributed by atoms with E-state index in [2.05, 4.69) is 20.9 Å². The lowest BCUT2D eigenvalue weighted by Gasteiger charge is -2.07. The number of H-pyrrole nitrogens is 1. The third-order valence-electron chi connectivity index (χ3n) is 2.12. The molecule has 0 bridgehead atoms. The van der Waals surface area contributed by atoms with Crippen molar-refractivity contribution in [3.8, 4) is 0 Å². The van der Waals surface area contributed by atoms with Gasteiger partial charge in [0.25, 0.3) is 0 Å². The molecule has 0 saturated heterocycles. The smallest absolute Gasteiger partial charge is 0.354 e. The highest BCUT2D eigenvalue weighted by Crippen LogP contribution is 2.16. The zero-order chi connectivity index (χ0) is 14.4. The fourth-order valence-corrected chi connectivity index (χ4v) is 1.38. The van der Waals surface area contributed by atoms with Crippen LogP contribution in [0.2, 0.25) is 0 Å². The highest BCUT2D eigenvalue weighted by molar-refractivity contribution is 5.99.